The SMILES string of the molecule is COc1ccccc1-c1nnc2n1N=C(c1ccc(C)c(NC(=O)[C@@H](N)CO)c1)CS2. The number of benzene rings is 2. The van der Waals surface area contributed by atoms with Crippen molar-refractivity contribution in [3.8, 4) is 17.1 Å². The van der Waals surface area contributed by atoms with E-state index in [1.165, 1.54) is 11.8 Å². The molecule has 9 nitrogen and oxygen atoms in total. The fourth-order valence-corrected chi connectivity index (χ4v) is 3.95. The number of aliphatic hydroxyl groups is 1. The summed E-state index contributed by atoms with van der Waals surface area (Å²) in [7, 11) is 1.61. The van der Waals surface area contributed by atoms with Crippen molar-refractivity contribution in [3.05, 3.63) is 53.6 Å². The number of nitrogens with two attached hydrogens (primary N) is 1. The molecular weight excluding hydrogens is 416 g/mol. The molecule has 1 amide bonds. The number of para-hydroxylation sites is 1. The van der Waals surface area contributed by atoms with Crippen LogP contribution in [0, 0.1) is 6.92 Å². The Morgan fingerprint density at radius 3 is 2.90 bits per heavy atom. The van der Waals surface area contributed by atoms with Gasteiger partial charge in [0.1, 0.15) is 11.8 Å². The molecule has 0 unspecified atom stereocenters. The van der Waals surface area contributed by atoms with Crippen LogP contribution < -0.4 is 15.8 Å². The predicted octanol–water partition coefficient (Wildman–Crippen LogP) is 1.88. The van der Waals surface area contributed by atoms with Crippen LogP contribution in [0.5, 0.6) is 5.75 Å². The number of aliphatic hydroxyl groups excluding tert-OH is 1. The van der Waals surface area contributed by atoms with Crippen LogP contribution >= 0.6 is 11.8 Å². The van der Waals surface area contributed by atoms with Gasteiger partial charge in [-0.1, -0.05) is 36.0 Å². The van der Waals surface area contributed by atoms with E-state index in [1.807, 2.05) is 49.4 Å². The lowest BCUT2D eigenvalue weighted by Gasteiger charge is -2.17. The van der Waals surface area contributed by atoms with Crippen LogP contribution in [0.3, 0.4) is 0 Å². The van der Waals surface area contributed by atoms with Crippen molar-refractivity contribution in [2.75, 3.05) is 24.8 Å². The van der Waals surface area contributed by atoms with Crippen LogP contribution in [0.1, 0.15) is 11.1 Å². The summed E-state index contributed by atoms with van der Waals surface area (Å²) in [6, 6.07) is 12.3. The third kappa shape index (κ3) is 4.18. The number of amides is 1. The highest BCUT2D eigenvalue weighted by atomic mass is 32.2. The van der Waals surface area contributed by atoms with Crippen LogP contribution in [-0.2, 0) is 4.79 Å². The summed E-state index contributed by atoms with van der Waals surface area (Å²) >= 11 is 1.53. The maximum atomic E-state index is 12.1. The molecule has 0 aliphatic carbocycles. The molecular formula is C21H22N6O3S. The van der Waals surface area contributed by atoms with Gasteiger partial charge in [0.15, 0.2) is 5.82 Å². The third-order valence-electron chi connectivity index (χ3n) is 4.88. The first-order valence-corrected chi connectivity index (χ1v) is 10.6. The molecule has 0 saturated heterocycles. The van der Waals surface area contributed by atoms with Gasteiger partial charge in [-0.25, -0.2) is 0 Å². The van der Waals surface area contributed by atoms with Gasteiger partial charge < -0.3 is 20.9 Å². The number of carbonyl (C=O) groups excluding carboxylic acids is 1. The summed E-state index contributed by atoms with van der Waals surface area (Å²) in [5.74, 6) is 1.44. The molecule has 1 aliphatic heterocycles. The molecule has 0 spiro atoms. The number of methoxy groups -OCH3 is 1. The van der Waals surface area contributed by atoms with Crippen LogP contribution in [0.25, 0.3) is 11.4 Å². The number of ether oxygens (including phenoxy) is 1. The quantitative estimate of drug-likeness (QED) is 0.536. The zero-order valence-electron chi connectivity index (χ0n) is 17.1. The molecule has 3 aromatic rings. The molecule has 2 heterocycles. The first kappa shape index (κ1) is 21.0. The maximum absolute atomic E-state index is 12.1. The first-order valence-electron chi connectivity index (χ1n) is 9.59. The van der Waals surface area contributed by atoms with E-state index in [2.05, 4.69) is 15.5 Å². The molecule has 0 fully saturated rings. The summed E-state index contributed by atoms with van der Waals surface area (Å²) < 4.78 is 7.17. The largest absolute Gasteiger partial charge is 0.496 e. The molecule has 1 atom stereocenters. The van der Waals surface area contributed by atoms with E-state index < -0.39 is 18.6 Å². The second-order valence-corrected chi connectivity index (χ2v) is 7.90. The van der Waals surface area contributed by atoms with Crippen molar-refractivity contribution >= 4 is 29.1 Å². The minimum atomic E-state index is -0.978. The number of nitrogens with one attached hydrogen (secondary N) is 1. The second-order valence-electron chi connectivity index (χ2n) is 6.96. The molecule has 10 heteroatoms. The van der Waals surface area contributed by atoms with E-state index in [4.69, 9.17) is 20.7 Å². The van der Waals surface area contributed by atoms with Gasteiger partial charge in [-0.2, -0.15) is 9.78 Å². The fourth-order valence-electron chi connectivity index (χ4n) is 3.11. The average Bonchev–Trinajstić information content (AvgIpc) is 3.22. The van der Waals surface area contributed by atoms with Gasteiger partial charge in [0.2, 0.25) is 11.1 Å². The summed E-state index contributed by atoms with van der Waals surface area (Å²) in [5, 5.41) is 25.9. The van der Waals surface area contributed by atoms with Gasteiger partial charge >= 0.3 is 0 Å². The smallest absolute Gasteiger partial charge is 0.243 e. The summed E-state index contributed by atoms with van der Waals surface area (Å²) in [5.41, 5.74) is 9.59. The van der Waals surface area contributed by atoms with E-state index in [1.54, 1.807) is 11.8 Å². The molecule has 160 valence electrons. The molecule has 0 bridgehead atoms. The Kier molecular flexibility index (Phi) is 6.03. The van der Waals surface area contributed by atoms with Crippen LogP contribution in [0.4, 0.5) is 5.69 Å². The topological polar surface area (TPSA) is 128 Å². The van der Waals surface area contributed by atoms with Crippen molar-refractivity contribution in [3.63, 3.8) is 0 Å². The maximum Gasteiger partial charge on any atom is 0.243 e. The van der Waals surface area contributed by atoms with Crippen molar-refractivity contribution in [2.24, 2.45) is 10.8 Å². The Morgan fingerprint density at radius 1 is 1.32 bits per heavy atom. The normalized spacial score (nSPS) is 13.9. The average molecular weight is 439 g/mol. The molecule has 1 aliphatic rings. The number of nitrogens with zero attached hydrogens (tertiary/aromatic N) is 4. The number of aromatic nitrogens is 3. The number of aryl methyl sites for hydroxylation is 1. The Morgan fingerprint density at radius 2 is 2.13 bits per heavy atom. The zero-order valence-corrected chi connectivity index (χ0v) is 17.9. The zero-order chi connectivity index (χ0) is 22.0. The molecule has 4 rings (SSSR count). The van der Waals surface area contributed by atoms with E-state index in [-0.39, 0.29) is 0 Å². The van der Waals surface area contributed by atoms with E-state index >= 15 is 0 Å². The van der Waals surface area contributed by atoms with E-state index in [9.17, 15) is 4.79 Å². The highest BCUT2D eigenvalue weighted by molar-refractivity contribution is 7.99. The predicted molar refractivity (Wildman–Crippen MR) is 120 cm³/mol. The van der Waals surface area contributed by atoms with E-state index in [0.29, 0.717) is 28.2 Å². The van der Waals surface area contributed by atoms with Crippen LogP contribution in [-0.4, -0.2) is 57.1 Å². The van der Waals surface area contributed by atoms with Gasteiger partial charge in [0.25, 0.3) is 0 Å². The highest BCUT2D eigenvalue weighted by Gasteiger charge is 2.23. The van der Waals surface area contributed by atoms with Gasteiger partial charge in [0.05, 0.1) is 25.0 Å². The third-order valence-corrected chi connectivity index (χ3v) is 5.81. The standard InChI is InChI=1S/C21H22N6O3S/c1-12-7-8-13(9-16(12)23-20(29)15(22)10-28)17-11-31-21-25-24-19(27(21)26-17)14-5-3-4-6-18(14)30-2/h3-9,15,28H,10-11,22H2,1-2H3,(H,23,29)/t15-/m0/s1. The van der Waals surface area contributed by atoms with Gasteiger partial charge in [-0.15, -0.1) is 10.2 Å². The number of anilines is 1. The number of hydrogen-bond acceptors (Lipinski definition) is 8. The Hall–Kier alpha value is -3.21. The Bertz CT molecular complexity index is 1160. The summed E-state index contributed by atoms with van der Waals surface area (Å²) in [4.78, 5) is 12.1. The lowest BCUT2D eigenvalue weighted by atomic mass is 10.1. The van der Waals surface area contributed by atoms with Crippen LogP contribution in [0.15, 0.2) is 52.7 Å². The molecule has 31 heavy (non-hydrogen) atoms. The number of carbonyl (C=O) groups is 1. The lowest BCUT2D eigenvalue weighted by Crippen LogP contribution is -2.38. The van der Waals surface area contributed by atoms with Crippen LogP contribution in [0.2, 0.25) is 0 Å². The number of fused-ring (bicyclic) bond motifs is 1. The molecule has 4 N–H and O–H groups in total. The minimum Gasteiger partial charge on any atom is -0.496 e. The monoisotopic (exact) mass is 438 g/mol. The highest BCUT2D eigenvalue weighted by Crippen LogP contribution is 2.33. The summed E-state index contributed by atoms with van der Waals surface area (Å²) in [6.45, 7) is 1.47. The van der Waals surface area contributed by atoms with Gasteiger partial charge in [-0.3, -0.25) is 4.79 Å². The van der Waals surface area contributed by atoms with Gasteiger partial charge in [0, 0.05) is 17.0 Å². The fraction of sp³-hybridized carbons (Fsp3) is 0.238. The molecule has 0 radical (unpaired) electrons. The molecule has 2 aromatic carbocycles. The van der Waals surface area contributed by atoms with Gasteiger partial charge in [-0.05, 0) is 30.7 Å². The lowest BCUT2D eigenvalue weighted by molar-refractivity contribution is -0.118. The first-order chi connectivity index (χ1) is 15.0. The van der Waals surface area contributed by atoms with Crippen molar-refractivity contribution < 1.29 is 14.6 Å². The Labute approximate surface area is 183 Å². The number of hydrogen-bond donors (Lipinski definition) is 3. The van der Waals surface area contributed by atoms with E-state index in [0.717, 1.165) is 22.4 Å². The minimum absolute atomic E-state index is 0.421. The van der Waals surface area contributed by atoms with Crippen molar-refractivity contribution in [2.45, 2.75) is 18.1 Å². The van der Waals surface area contributed by atoms with Crippen molar-refractivity contribution in [1.82, 2.24) is 14.9 Å². The molecule has 0 saturated carbocycles. The molecule has 1 aromatic heterocycles. The Balaban J connectivity index is 1.70. The number of rotatable bonds is 6. The van der Waals surface area contributed by atoms with Crippen molar-refractivity contribution in [1.29, 1.82) is 0 Å². The second kappa shape index (κ2) is 8.88. The number of thioether (sulfide) groups is 1. The summed E-state index contributed by atoms with van der Waals surface area (Å²) in [6.07, 6.45) is 0.